The smallest absolute Gasteiger partial charge is 0.289 e. The molecule has 1 aliphatic rings. The van der Waals surface area contributed by atoms with E-state index in [0.717, 1.165) is 23.0 Å². The average molecular weight is 309 g/mol. The fourth-order valence-electron chi connectivity index (χ4n) is 2.77. The molecule has 0 bridgehead atoms. The van der Waals surface area contributed by atoms with Crippen molar-refractivity contribution in [2.24, 2.45) is 11.7 Å². The Balaban J connectivity index is 0.00000161. The van der Waals surface area contributed by atoms with E-state index >= 15 is 0 Å². The van der Waals surface area contributed by atoms with E-state index < -0.39 is 0 Å². The first-order chi connectivity index (χ1) is 9.54. The van der Waals surface area contributed by atoms with Crippen LogP contribution >= 0.6 is 12.4 Å². The number of rotatable bonds is 1. The summed E-state index contributed by atoms with van der Waals surface area (Å²) in [4.78, 5) is 14.3. The fourth-order valence-corrected chi connectivity index (χ4v) is 2.77. The number of halogens is 1. The molecular formula is C16H21ClN2O2. The largest absolute Gasteiger partial charge is 0.451 e. The number of piperidine rings is 1. The van der Waals surface area contributed by atoms with Crippen LogP contribution in [0.25, 0.3) is 11.0 Å². The number of likely N-dealkylation sites (tertiary alicyclic amines) is 1. The van der Waals surface area contributed by atoms with Crippen molar-refractivity contribution >= 4 is 29.3 Å². The van der Waals surface area contributed by atoms with Crippen molar-refractivity contribution in [3.05, 3.63) is 35.6 Å². The Morgan fingerprint density at radius 1 is 1.38 bits per heavy atom. The van der Waals surface area contributed by atoms with E-state index in [1.54, 1.807) is 0 Å². The van der Waals surface area contributed by atoms with E-state index in [9.17, 15) is 4.79 Å². The predicted molar refractivity (Wildman–Crippen MR) is 85.9 cm³/mol. The maximum atomic E-state index is 12.5. The monoisotopic (exact) mass is 308 g/mol. The number of carbonyl (C=O) groups is 1. The number of fused-ring (bicyclic) bond motifs is 1. The standard InChI is InChI=1S/C16H20N2O2.ClH/c1-10-3-4-14-12(7-10)8-15(20-14)16(19)18-6-5-13(17)11(2)9-18;/h3-4,7-8,11,13H,5-6,9,17H2,1-2H3;1H. The van der Waals surface area contributed by atoms with E-state index in [2.05, 4.69) is 6.92 Å². The molecule has 0 aliphatic carbocycles. The number of aryl methyl sites for hydroxylation is 1. The van der Waals surface area contributed by atoms with Gasteiger partial charge in [-0.2, -0.15) is 0 Å². The summed E-state index contributed by atoms with van der Waals surface area (Å²) in [5.41, 5.74) is 7.92. The van der Waals surface area contributed by atoms with Gasteiger partial charge in [0.1, 0.15) is 5.58 Å². The van der Waals surface area contributed by atoms with E-state index in [0.29, 0.717) is 24.8 Å². The lowest BCUT2D eigenvalue weighted by Crippen LogP contribution is -2.48. The van der Waals surface area contributed by atoms with Gasteiger partial charge in [0.15, 0.2) is 5.76 Å². The summed E-state index contributed by atoms with van der Waals surface area (Å²) >= 11 is 0. The number of carbonyl (C=O) groups excluding carboxylic acids is 1. The second kappa shape index (κ2) is 6.08. The molecule has 114 valence electrons. The molecule has 1 aromatic carbocycles. The Bertz CT molecular complexity index is 653. The Hall–Kier alpha value is -1.52. The number of hydrogen-bond acceptors (Lipinski definition) is 3. The first-order valence-corrected chi connectivity index (χ1v) is 7.09. The van der Waals surface area contributed by atoms with Crippen molar-refractivity contribution in [2.75, 3.05) is 13.1 Å². The van der Waals surface area contributed by atoms with Gasteiger partial charge in [0.2, 0.25) is 0 Å². The molecule has 1 fully saturated rings. The third-order valence-electron chi connectivity index (χ3n) is 4.14. The second-order valence-corrected chi connectivity index (χ2v) is 5.83. The minimum absolute atomic E-state index is 0. The second-order valence-electron chi connectivity index (χ2n) is 5.83. The van der Waals surface area contributed by atoms with Gasteiger partial charge in [-0.05, 0) is 37.5 Å². The summed E-state index contributed by atoms with van der Waals surface area (Å²) in [5, 5.41) is 0.982. The van der Waals surface area contributed by atoms with Gasteiger partial charge in [-0.3, -0.25) is 4.79 Å². The van der Waals surface area contributed by atoms with Crippen LogP contribution in [0.3, 0.4) is 0 Å². The number of hydrogen-bond donors (Lipinski definition) is 1. The highest BCUT2D eigenvalue weighted by Gasteiger charge is 2.28. The molecule has 1 aliphatic heterocycles. The van der Waals surface area contributed by atoms with Crippen LogP contribution in [0.15, 0.2) is 28.7 Å². The number of amides is 1. The van der Waals surface area contributed by atoms with E-state index in [1.165, 1.54) is 0 Å². The van der Waals surface area contributed by atoms with Gasteiger partial charge in [0.25, 0.3) is 5.91 Å². The normalized spacial score (nSPS) is 22.1. The van der Waals surface area contributed by atoms with Crippen molar-refractivity contribution in [1.29, 1.82) is 0 Å². The molecule has 5 heteroatoms. The lowest BCUT2D eigenvalue weighted by atomic mass is 9.95. The first-order valence-electron chi connectivity index (χ1n) is 7.09. The summed E-state index contributed by atoms with van der Waals surface area (Å²) in [6, 6.07) is 7.96. The third kappa shape index (κ3) is 3.06. The van der Waals surface area contributed by atoms with Gasteiger partial charge in [0.05, 0.1) is 0 Å². The van der Waals surface area contributed by atoms with Gasteiger partial charge < -0.3 is 15.1 Å². The van der Waals surface area contributed by atoms with Crippen LogP contribution in [0.4, 0.5) is 0 Å². The molecule has 2 N–H and O–H groups in total. The zero-order valence-electron chi connectivity index (χ0n) is 12.3. The molecule has 3 rings (SSSR count). The molecule has 1 aromatic heterocycles. The summed E-state index contributed by atoms with van der Waals surface area (Å²) in [7, 11) is 0. The number of benzene rings is 1. The van der Waals surface area contributed by atoms with Crippen molar-refractivity contribution in [2.45, 2.75) is 26.3 Å². The van der Waals surface area contributed by atoms with Gasteiger partial charge in [-0.25, -0.2) is 0 Å². The minimum Gasteiger partial charge on any atom is -0.451 e. The van der Waals surface area contributed by atoms with E-state index in [-0.39, 0.29) is 24.4 Å². The molecule has 4 nitrogen and oxygen atoms in total. The van der Waals surface area contributed by atoms with Crippen LogP contribution in [0.2, 0.25) is 0 Å². The first kappa shape index (κ1) is 15.9. The maximum absolute atomic E-state index is 12.5. The molecule has 0 spiro atoms. The van der Waals surface area contributed by atoms with Gasteiger partial charge in [-0.1, -0.05) is 18.6 Å². The number of furan rings is 1. The molecule has 2 aromatic rings. The lowest BCUT2D eigenvalue weighted by Gasteiger charge is -2.34. The lowest BCUT2D eigenvalue weighted by molar-refractivity contribution is 0.0634. The zero-order chi connectivity index (χ0) is 14.3. The molecule has 0 saturated carbocycles. The van der Waals surface area contributed by atoms with Crippen LogP contribution in [-0.4, -0.2) is 29.9 Å². The van der Waals surface area contributed by atoms with Crippen LogP contribution in [0.1, 0.15) is 29.5 Å². The summed E-state index contributed by atoms with van der Waals surface area (Å²) < 4.78 is 5.68. The summed E-state index contributed by atoms with van der Waals surface area (Å²) in [6.07, 6.45) is 0.853. The number of nitrogens with zero attached hydrogens (tertiary/aromatic N) is 1. The highest BCUT2D eigenvalue weighted by atomic mass is 35.5. The SMILES string of the molecule is Cc1ccc2oc(C(=O)N3CCC(N)C(C)C3)cc2c1.Cl. The van der Waals surface area contributed by atoms with Crippen LogP contribution < -0.4 is 5.73 Å². The quantitative estimate of drug-likeness (QED) is 0.881. The van der Waals surface area contributed by atoms with Gasteiger partial charge >= 0.3 is 0 Å². The molecule has 2 unspecified atom stereocenters. The minimum atomic E-state index is -0.0300. The number of nitrogens with two attached hydrogens (primary N) is 1. The average Bonchev–Trinajstić information content (AvgIpc) is 2.84. The van der Waals surface area contributed by atoms with Gasteiger partial charge in [-0.15, -0.1) is 12.4 Å². The highest BCUT2D eigenvalue weighted by molar-refractivity contribution is 5.96. The Morgan fingerprint density at radius 2 is 2.14 bits per heavy atom. The molecule has 1 amide bonds. The van der Waals surface area contributed by atoms with E-state index in [4.69, 9.17) is 10.2 Å². The maximum Gasteiger partial charge on any atom is 0.289 e. The Morgan fingerprint density at radius 3 is 2.86 bits per heavy atom. The van der Waals surface area contributed by atoms with Crippen molar-refractivity contribution in [3.63, 3.8) is 0 Å². The highest BCUT2D eigenvalue weighted by Crippen LogP contribution is 2.23. The van der Waals surface area contributed by atoms with E-state index in [1.807, 2.05) is 36.1 Å². The van der Waals surface area contributed by atoms with Crippen LogP contribution in [-0.2, 0) is 0 Å². The predicted octanol–water partition coefficient (Wildman–Crippen LogP) is 2.97. The molecule has 2 atom stereocenters. The zero-order valence-corrected chi connectivity index (χ0v) is 13.2. The Labute approximate surface area is 130 Å². The molecule has 0 radical (unpaired) electrons. The van der Waals surface area contributed by atoms with Crippen molar-refractivity contribution in [3.8, 4) is 0 Å². The molecule has 21 heavy (non-hydrogen) atoms. The molecular weight excluding hydrogens is 288 g/mol. The van der Waals surface area contributed by atoms with Crippen molar-refractivity contribution < 1.29 is 9.21 Å². The summed E-state index contributed by atoms with van der Waals surface area (Å²) in [5.74, 6) is 0.727. The van der Waals surface area contributed by atoms with Gasteiger partial charge in [0, 0.05) is 24.5 Å². The third-order valence-corrected chi connectivity index (χ3v) is 4.14. The summed E-state index contributed by atoms with van der Waals surface area (Å²) in [6.45, 7) is 5.53. The Kier molecular flexibility index (Phi) is 4.59. The van der Waals surface area contributed by atoms with Crippen molar-refractivity contribution in [1.82, 2.24) is 4.90 Å². The molecule has 2 heterocycles. The molecule has 1 saturated heterocycles. The van der Waals surface area contributed by atoms with Crippen LogP contribution in [0.5, 0.6) is 0 Å². The fraction of sp³-hybridized carbons (Fsp3) is 0.438. The topological polar surface area (TPSA) is 59.5 Å². The van der Waals surface area contributed by atoms with Crippen LogP contribution in [0, 0.1) is 12.8 Å².